The van der Waals surface area contributed by atoms with Gasteiger partial charge in [-0.15, -0.1) is 0 Å². The first-order valence-corrected chi connectivity index (χ1v) is 9.16. The molecule has 5 heteroatoms. The summed E-state index contributed by atoms with van der Waals surface area (Å²) in [5.74, 6) is 2.33. The van der Waals surface area contributed by atoms with E-state index in [9.17, 15) is 0 Å². The lowest BCUT2D eigenvalue weighted by molar-refractivity contribution is 0.735. The Labute approximate surface area is 154 Å². The highest BCUT2D eigenvalue weighted by molar-refractivity contribution is 9.10. The fourth-order valence-electron chi connectivity index (χ4n) is 2.95. The van der Waals surface area contributed by atoms with Crippen LogP contribution in [-0.2, 0) is 6.54 Å². The van der Waals surface area contributed by atoms with Crippen molar-refractivity contribution in [1.29, 1.82) is 0 Å². The second kappa shape index (κ2) is 6.26. The molecule has 0 unspecified atom stereocenters. The number of nitrogens with two attached hydrogens (primary N) is 1. The van der Waals surface area contributed by atoms with Crippen LogP contribution in [0, 0.1) is 0 Å². The molecule has 0 aliphatic heterocycles. The molecule has 24 heavy (non-hydrogen) atoms. The second-order valence-corrected chi connectivity index (χ2v) is 7.46. The molecule has 0 saturated heterocycles. The molecule has 122 valence electrons. The fourth-order valence-corrected chi connectivity index (χ4v) is 3.82. The van der Waals surface area contributed by atoms with E-state index in [0.29, 0.717) is 16.8 Å². The van der Waals surface area contributed by atoms with Gasteiger partial charge in [0.15, 0.2) is 0 Å². The first-order valence-electron chi connectivity index (χ1n) is 7.98. The minimum Gasteiger partial charge on any atom is -0.383 e. The zero-order valence-electron chi connectivity index (χ0n) is 13.0. The number of imidazole rings is 1. The van der Waals surface area contributed by atoms with E-state index < -0.39 is 0 Å². The van der Waals surface area contributed by atoms with Crippen LogP contribution < -0.4 is 5.73 Å². The lowest BCUT2D eigenvalue weighted by Crippen LogP contribution is -2.07. The van der Waals surface area contributed by atoms with Gasteiger partial charge in [0.25, 0.3) is 0 Å². The number of hydrogen-bond acceptors (Lipinski definition) is 2. The van der Waals surface area contributed by atoms with E-state index in [1.807, 2.05) is 24.3 Å². The van der Waals surface area contributed by atoms with E-state index in [2.05, 4.69) is 44.8 Å². The molecule has 0 bridgehead atoms. The van der Waals surface area contributed by atoms with E-state index >= 15 is 0 Å². The van der Waals surface area contributed by atoms with Crippen LogP contribution in [-0.4, -0.2) is 9.55 Å². The second-order valence-electron chi connectivity index (χ2n) is 6.17. The summed E-state index contributed by atoms with van der Waals surface area (Å²) >= 11 is 9.64. The minimum atomic E-state index is 0.524. The van der Waals surface area contributed by atoms with E-state index in [1.165, 1.54) is 18.4 Å². The van der Waals surface area contributed by atoms with E-state index in [1.54, 1.807) is 0 Å². The van der Waals surface area contributed by atoms with Gasteiger partial charge in [0.2, 0.25) is 0 Å². The van der Waals surface area contributed by atoms with Crippen molar-refractivity contribution in [3.8, 4) is 11.3 Å². The number of nitrogens with zero attached hydrogens (tertiary/aromatic N) is 2. The monoisotopic (exact) mass is 401 g/mol. The number of halogens is 2. The molecule has 1 aromatic heterocycles. The maximum atomic E-state index is 6.50. The van der Waals surface area contributed by atoms with Gasteiger partial charge >= 0.3 is 0 Å². The lowest BCUT2D eigenvalue weighted by Gasteiger charge is -2.10. The number of rotatable bonds is 4. The zero-order valence-corrected chi connectivity index (χ0v) is 15.4. The van der Waals surface area contributed by atoms with Gasteiger partial charge in [-0.3, -0.25) is 0 Å². The van der Waals surface area contributed by atoms with Gasteiger partial charge < -0.3 is 10.3 Å². The van der Waals surface area contributed by atoms with Crippen molar-refractivity contribution in [1.82, 2.24) is 9.55 Å². The molecule has 1 saturated carbocycles. The van der Waals surface area contributed by atoms with Gasteiger partial charge in [-0.05, 0) is 30.5 Å². The summed E-state index contributed by atoms with van der Waals surface area (Å²) in [6.07, 6.45) is 2.37. The smallest absolute Gasteiger partial charge is 0.132 e. The molecule has 4 rings (SSSR count). The van der Waals surface area contributed by atoms with Crippen molar-refractivity contribution in [2.24, 2.45) is 0 Å². The van der Waals surface area contributed by atoms with Crippen LogP contribution in [0.4, 0.5) is 5.82 Å². The summed E-state index contributed by atoms with van der Waals surface area (Å²) in [6.45, 7) is 0.747. The predicted octanol–water partition coefficient (Wildman–Crippen LogP) is 5.47. The molecule has 2 N–H and O–H groups in total. The highest BCUT2D eigenvalue weighted by Crippen LogP contribution is 2.43. The van der Waals surface area contributed by atoms with Crippen LogP contribution in [0.5, 0.6) is 0 Å². The molecular weight excluding hydrogens is 386 g/mol. The van der Waals surface area contributed by atoms with E-state index in [-0.39, 0.29) is 0 Å². The minimum absolute atomic E-state index is 0.524. The largest absolute Gasteiger partial charge is 0.383 e. The van der Waals surface area contributed by atoms with Gasteiger partial charge in [-0.2, -0.15) is 0 Å². The standard InChI is InChI=1S/C19H17BrClN3/c20-16-10-14(21)8-9-15(16)17-18(22)24(19(23-17)13-6-7-13)11-12-4-2-1-3-5-12/h1-5,8-10,13H,6-7,11,22H2. The third kappa shape index (κ3) is 2.96. The molecule has 3 aromatic rings. The average Bonchev–Trinajstić information content (AvgIpc) is 3.36. The van der Waals surface area contributed by atoms with Crippen molar-refractivity contribution in [3.63, 3.8) is 0 Å². The zero-order chi connectivity index (χ0) is 16.7. The van der Waals surface area contributed by atoms with Crippen molar-refractivity contribution in [2.45, 2.75) is 25.3 Å². The number of nitrogen functional groups attached to an aromatic ring is 1. The third-order valence-corrected chi connectivity index (χ3v) is 5.24. The molecular formula is C19H17BrClN3. The third-order valence-electron chi connectivity index (χ3n) is 4.35. The lowest BCUT2D eigenvalue weighted by atomic mass is 10.1. The maximum Gasteiger partial charge on any atom is 0.132 e. The topological polar surface area (TPSA) is 43.8 Å². The quantitative estimate of drug-likeness (QED) is 0.628. The maximum absolute atomic E-state index is 6.50. The Hall–Kier alpha value is -1.78. The van der Waals surface area contributed by atoms with Gasteiger partial charge in [0.05, 0.1) is 6.54 Å². The molecule has 1 aliphatic carbocycles. The normalized spacial score (nSPS) is 14.1. The van der Waals surface area contributed by atoms with Crippen LogP contribution in [0.1, 0.15) is 30.1 Å². The number of hydrogen-bond donors (Lipinski definition) is 1. The summed E-state index contributed by atoms with van der Waals surface area (Å²) in [5.41, 5.74) is 9.54. The first-order chi connectivity index (χ1) is 11.6. The van der Waals surface area contributed by atoms with Crippen molar-refractivity contribution >= 4 is 33.3 Å². The Kier molecular flexibility index (Phi) is 4.10. The Bertz CT molecular complexity index is 885. The first kappa shape index (κ1) is 15.7. The average molecular weight is 403 g/mol. The molecule has 2 aromatic carbocycles. The fraction of sp³-hybridized carbons (Fsp3) is 0.211. The molecule has 1 heterocycles. The van der Waals surface area contributed by atoms with Crippen LogP contribution in [0.2, 0.25) is 5.02 Å². The number of aromatic nitrogens is 2. The van der Waals surface area contributed by atoms with Crippen LogP contribution in [0.3, 0.4) is 0 Å². The van der Waals surface area contributed by atoms with Crippen LogP contribution in [0.15, 0.2) is 53.0 Å². The highest BCUT2D eigenvalue weighted by atomic mass is 79.9. The van der Waals surface area contributed by atoms with Gasteiger partial charge in [-0.25, -0.2) is 4.98 Å². The summed E-state index contributed by atoms with van der Waals surface area (Å²) in [7, 11) is 0. The van der Waals surface area contributed by atoms with Crippen molar-refractivity contribution in [2.75, 3.05) is 5.73 Å². The number of benzene rings is 2. The van der Waals surface area contributed by atoms with Crippen LogP contribution in [0.25, 0.3) is 11.3 Å². The molecule has 1 aliphatic rings. The van der Waals surface area contributed by atoms with Crippen molar-refractivity contribution in [3.05, 3.63) is 69.4 Å². The Morgan fingerprint density at radius 2 is 1.92 bits per heavy atom. The van der Waals surface area contributed by atoms with Gasteiger partial charge in [0, 0.05) is 21.0 Å². The van der Waals surface area contributed by atoms with E-state index in [0.717, 1.165) is 28.1 Å². The Morgan fingerprint density at radius 3 is 2.58 bits per heavy atom. The molecule has 0 amide bonds. The molecule has 0 atom stereocenters. The van der Waals surface area contributed by atoms with Gasteiger partial charge in [0.1, 0.15) is 17.3 Å². The Morgan fingerprint density at radius 1 is 1.17 bits per heavy atom. The molecule has 0 spiro atoms. The molecule has 0 radical (unpaired) electrons. The summed E-state index contributed by atoms with van der Waals surface area (Å²) < 4.78 is 3.07. The summed E-state index contributed by atoms with van der Waals surface area (Å²) in [5, 5.41) is 0.690. The molecule has 1 fully saturated rings. The SMILES string of the molecule is Nc1c(-c2ccc(Cl)cc2Br)nc(C2CC2)n1Cc1ccccc1. The highest BCUT2D eigenvalue weighted by Gasteiger charge is 2.31. The van der Waals surface area contributed by atoms with E-state index in [4.69, 9.17) is 22.3 Å². The predicted molar refractivity (Wildman–Crippen MR) is 102 cm³/mol. The molecule has 3 nitrogen and oxygen atoms in total. The summed E-state index contributed by atoms with van der Waals surface area (Å²) in [4.78, 5) is 4.89. The Balaban J connectivity index is 1.80. The summed E-state index contributed by atoms with van der Waals surface area (Å²) in [6, 6.07) is 16.1. The number of anilines is 1. The van der Waals surface area contributed by atoms with Crippen molar-refractivity contribution < 1.29 is 0 Å². The van der Waals surface area contributed by atoms with Gasteiger partial charge in [-0.1, -0.05) is 63.9 Å². The van der Waals surface area contributed by atoms with Crippen LogP contribution >= 0.6 is 27.5 Å².